The first-order valence-electron chi connectivity index (χ1n) is 5.31. The predicted octanol–water partition coefficient (Wildman–Crippen LogP) is -0.0827. The summed E-state index contributed by atoms with van der Waals surface area (Å²) in [6.07, 6.45) is 3.52. The number of hydrogen-bond acceptors (Lipinski definition) is 3. The van der Waals surface area contributed by atoms with Gasteiger partial charge in [-0.15, -0.1) is 12.4 Å². The van der Waals surface area contributed by atoms with Crippen LogP contribution in [0.15, 0.2) is 0 Å². The minimum absolute atomic E-state index is 0. The number of carbonyl (C=O) groups excluding carboxylic acids is 2. The van der Waals surface area contributed by atoms with Gasteiger partial charge in [-0.1, -0.05) is 12.8 Å². The third kappa shape index (κ3) is 3.35. The lowest BCUT2D eigenvalue weighted by Crippen LogP contribution is -2.48. The summed E-state index contributed by atoms with van der Waals surface area (Å²) in [7, 11) is 0. The van der Waals surface area contributed by atoms with Gasteiger partial charge in [-0.05, 0) is 19.8 Å². The molecule has 94 valence electrons. The van der Waals surface area contributed by atoms with Crippen LogP contribution in [0.25, 0.3) is 0 Å². The van der Waals surface area contributed by atoms with Gasteiger partial charge < -0.3 is 16.8 Å². The van der Waals surface area contributed by atoms with Crippen molar-refractivity contribution >= 4 is 24.2 Å². The fourth-order valence-electron chi connectivity index (χ4n) is 1.98. The Morgan fingerprint density at radius 2 is 1.88 bits per heavy atom. The smallest absolute Gasteiger partial charge is 0.236 e. The van der Waals surface area contributed by atoms with Crippen LogP contribution in [-0.4, -0.2) is 24.4 Å². The number of primary amides is 1. The van der Waals surface area contributed by atoms with Crippen molar-refractivity contribution in [3.8, 4) is 0 Å². The topological polar surface area (TPSA) is 98.2 Å². The van der Waals surface area contributed by atoms with Crippen LogP contribution in [0.3, 0.4) is 0 Å². The first-order valence-corrected chi connectivity index (χ1v) is 5.31. The molecular formula is C10H20ClN3O2. The molecule has 0 saturated heterocycles. The Morgan fingerprint density at radius 1 is 1.38 bits per heavy atom. The molecule has 1 atom stereocenters. The van der Waals surface area contributed by atoms with Crippen LogP contribution < -0.4 is 16.8 Å². The maximum Gasteiger partial charge on any atom is 0.236 e. The highest BCUT2D eigenvalue weighted by Gasteiger charge is 2.39. The molecule has 1 unspecified atom stereocenters. The number of nitrogens with two attached hydrogens (primary N) is 2. The van der Waals surface area contributed by atoms with Crippen LogP contribution in [0.5, 0.6) is 0 Å². The van der Waals surface area contributed by atoms with Crippen LogP contribution in [-0.2, 0) is 9.59 Å². The maximum absolute atomic E-state index is 11.3. The molecule has 2 amide bonds. The average molecular weight is 250 g/mol. The largest absolute Gasteiger partial charge is 0.369 e. The van der Waals surface area contributed by atoms with Crippen molar-refractivity contribution in [3.05, 3.63) is 0 Å². The van der Waals surface area contributed by atoms with Gasteiger partial charge in [0.15, 0.2) is 0 Å². The molecule has 5 nitrogen and oxygen atoms in total. The maximum atomic E-state index is 11.3. The fraction of sp³-hybridized carbons (Fsp3) is 0.800. The molecule has 0 spiro atoms. The lowest BCUT2D eigenvalue weighted by molar-refractivity contribution is -0.128. The van der Waals surface area contributed by atoms with E-state index < -0.39 is 11.5 Å². The third-order valence-electron chi connectivity index (χ3n) is 3.10. The zero-order chi connectivity index (χ0) is 11.5. The van der Waals surface area contributed by atoms with Crippen molar-refractivity contribution < 1.29 is 9.59 Å². The molecule has 1 rings (SSSR count). The molecule has 0 aromatic carbocycles. The summed E-state index contributed by atoms with van der Waals surface area (Å²) in [5, 5.41) is 2.68. The van der Waals surface area contributed by atoms with E-state index in [1.807, 2.05) is 0 Å². The third-order valence-corrected chi connectivity index (χ3v) is 3.10. The van der Waals surface area contributed by atoms with Crippen molar-refractivity contribution in [3.63, 3.8) is 0 Å². The van der Waals surface area contributed by atoms with Crippen LogP contribution in [0.2, 0.25) is 0 Å². The first-order chi connectivity index (χ1) is 6.98. The van der Waals surface area contributed by atoms with Crippen LogP contribution in [0, 0.1) is 5.41 Å². The summed E-state index contributed by atoms with van der Waals surface area (Å²) < 4.78 is 0. The quantitative estimate of drug-likeness (QED) is 0.650. The molecule has 16 heavy (non-hydrogen) atoms. The van der Waals surface area contributed by atoms with Crippen LogP contribution in [0.1, 0.15) is 32.6 Å². The molecule has 0 radical (unpaired) electrons. The van der Waals surface area contributed by atoms with Gasteiger partial charge in [-0.25, -0.2) is 0 Å². The highest BCUT2D eigenvalue weighted by Crippen LogP contribution is 2.37. The molecule has 0 aromatic heterocycles. The Morgan fingerprint density at radius 3 is 2.25 bits per heavy atom. The minimum Gasteiger partial charge on any atom is -0.369 e. The molecule has 1 aliphatic carbocycles. The molecule has 0 heterocycles. The molecule has 1 saturated carbocycles. The van der Waals surface area contributed by atoms with Crippen molar-refractivity contribution in [1.82, 2.24) is 5.32 Å². The lowest BCUT2D eigenvalue weighted by Gasteiger charge is -2.25. The standard InChI is InChI=1S/C10H19N3O2.ClH/c1-7(11)8(14)13-6-10(9(12)15)4-2-3-5-10;/h7H,2-6,11H2,1H3,(H2,12,15)(H,13,14);1H. The predicted molar refractivity (Wildman–Crippen MR) is 64.0 cm³/mol. The summed E-state index contributed by atoms with van der Waals surface area (Å²) in [5.41, 5.74) is 10.2. The molecule has 6 heteroatoms. The van der Waals surface area contributed by atoms with E-state index in [1.54, 1.807) is 6.92 Å². The SMILES string of the molecule is CC(N)C(=O)NCC1(C(N)=O)CCCC1.Cl. The molecule has 0 aromatic rings. The molecule has 5 N–H and O–H groups in total. The summed E-state index contributed by atoms with van der Waals surface area (Å²) in [4.78, 5) is 22.6. The number of amides is 2. The van der Waals surface area contributed by atoms with Crippen LogP contribution >= 0.6 is 12.4 Å². The van der Waals surface area contributed by atoms with Gasteiger partial charge in [-0.2, -0.15) is 0 Å². The Bertz CT molecular complexity index is 263. The van der Waals surface area contributed by atoms with Crippen molar-refractivity contribution in [2.75, 3.05) is 6.54 Å². The molecule has 1 aliphatic rings. The Kier molecular flexibility index (Phi) is 5.75. The van der Waals surface area contributed by atoms with Gasteiger partial charge in [0.1, 0.15) is 0 Å². The number of halogens is 1. The van der Waals surface area contributed by atoms with E-state index in [4.69, 9.17) is 11.5 Å². The van der Waals surface area contributed by atoms with Gasteiger partial charge in [0.25, 0.3) is 0 Å². The lowest BCUT2D eigenvalue weighted by atomic mass is 9.85. The monoisotopic (exact) mass is 249 g/mol. The van der Waals surface area contributed by atoms with Crippen molar-refractivity contribution in [2.45, 2.75) is 38.6 Å². The Balaban J connectivity index is 0.00000225. The average Bonchev–Trinajstić information content (AvgIpc) is 2.63. The van der Waals surface area contributed by atoms with E-state index in [1.165, 1.54) is 0 Å². The Labute approximate surface area is 102 Å². The van der Waals surface area contributed by atoms with Crippen LogP contribution in [0.4, 0.5) is 0 Å². The van der Waals surface area contributed by atoms with E-state index in [0.29, 0.717) is 6.54 Å². The second-order valence-corrected chi connectivity index (χ2v) is 4.36. The van der Waals surface area contributed by atoms with Crippen molar-refractivity contribution in [1.29, 1.82) is 0 Å². The van der Waals surface area contributed by atoms with Gasteiger partial charge in [0.2, 0.25) is 11.8 Å². The molecule has 0 bridgehead atoms. The fourth-order valence-corrected chi connectivity index (χ4v) is 1.98. The zero-order valence-corrected chi connectivity index (χ0v) is 10.3. The zero-order valence-electron chi connectivity index (χ0n) is 9.49. The second kappa shape index (κ2) is 6.06. The Hall–Kier alpha value is -0.810. The number of hydrogen-bond donors (Lipinski definition) is 3. The summed E-state index contributed by atoms with van der Waals surface area (Å²) in [6, 6.07) is -0.545. The van der Waals surface area contributed by atoms with Gasteiger partial charge in [-0.3, -0.25) is 9.59 Å². The normalized spacial score (nSPS) is 19.6. The first kappa shape index (κ1) is 15.2. The minimum atomic E-state index is -0.545. The van der Waals surface area contributed by atoms with E-state index in [-0.39, 0.29) is 24.2 Å². The van der Waals surface area contributed by atoms with E-state index >= 15 is 0 Å². The number of rotatable bonds is 4. The highest BCUT2D eigenvalue weighted by molar-refractivity contribution is 5.85. The summed E-state index contributed by atoms with van der Waals surface area (Å²) in [6.45, 7) is 1.93. The van der Waals surface area contributed by atoms with E-state index in [0.717, 1.165) is 25.7 Å². The molecule has 0 aliphatic heterocycles. The summed E-state index contributed by atoms with van der Waals surface area (Å²) in [5.74, 6) is -0.549. The van der Waals surface area contributed by atoms with E-state index in [2.05, 4.69) is 5.32 Å². The van der Waals surface area contributed by atoms with Gasteiger partial charge in [0.05, 0.1) is 11.5 Å². The number of carbonyl (C=O) groups is 2. The highest BCUT2D eigenvalue weighted by atomic mass is 35.5. The second-order valence-electron chi connectivity index (χ2n) is 4.36. The summed E-state index contributed by atoms with van der Waals surface area (Å²) >= 11 is 0. The number of nitrogens with one attached hydrogen (secondary N) is 1. The van der Waals surface area contributed by atoms with Gasteiger partial charge in [0, 0.05) is 6.54 Å². The van der Waals surface area contributed by atoms with Crippen molar-refractivity contribution in [2.24, 2.45) is 16.9 Å². The molecule has 1 fully saturated rings. The van der Waals surface area contributed by atoms with E-state index in [9.17, 15) is 9.59 Å². The molecular weight excluding hydrogens is 230 g/mol. The van der Waals surface area contributed by atoms with Gasteiger partial charge >= 0.3 is 0 Å².